The van der Waals surface area contributed by atoms with Crippen molar-refractivity contribution >= 4 is 105 Å². The van der Waals surface area contributed by atoms with Gasteiger partial charge < -0.3 is 60.5 Å². The van der Waals surface area contributed by atoms with Crippen LogP contribution >= 0.6 is 34.2 Å². The average molecular weight is 1460 g/mol. The van der Waals surface area contributed by atoms with Crippen molar-refractivity contribution in [2.75, 3.05) is 82.1 Å². The van der Waals surface area contributed by atoms with Crippen LogP contribution in [-0.2, 0) is 70.4 Å². The normalized spacial score (nSPS) is 23.8. The van der Waals surface area contributed by atoms with E-state index in [0.29, 0.717) is 59.3 Å². The standard InChI is InChI=1S/C68H103ClFIN12O12/c1-17-19-23-49-63(91)82(16)68(8,9)67(95)74-51(32-41(3)4)62(90)81(15)54(65(93)83-30-21-20-22-31-83)37-56(85)79(13)52(33-42(5)6)61(89)75-59(43(7)18-2)66(94)78(12)39-57(86)76(10)40-58(87)80(14)53(34-44-24-26-46(69)27-25-44)64(92)77(11)38-55(84)72-50(60(88)73-49)36-45-35-47(71)28-29-48(45)70/h24-29,35,41-43,49-54,59H,17-23,30-34,36-40H2,1-16H3,(H,72,84)(H,73,88)(H,74,95)(H,75,89)/t43-,49-,50-,51-,52-,53-,54?,59-/m0/s1. The zero-order valence-corrected chi connectivity index (χ0v) is 61.4. The minimum Gasteiger partial charge on any atom is -0.343 e. The number of piperidine rings is 1. The Hall–Kier alpha value is -6.97. The Kier molecular flexibility index (Phi) is 31.3. The Morgan fingerprint density at radius 3 is 1.80 bits per heavy atom. The third kappa shape index (κ3) is 22.8. The molecule has 24 nitrogen and oxygen atoms in total. The molecule has 0 radical (unpaired) electrons. The van der Waals surface area contributed by atoms with Crippen molar-refractivity contribution in [3.8, 4) is 0 Å². The summed E-state index contributed by atoms with van der Waals surface area (Å²) < 4.78 is 16.3. The van der Waals surface area contributed by atoms with E-state index in [2.05, 4.69) is 21.3 Å². The Bertz CT molecular complexity index is 3060. The lowest BCUT2D eigenvalue weighted by Gasteiger charge is -2.39. The average Bonchev–Trinajstić information content (AvgIpc) is 0.816. The number of amides is 12. The van der Waals surface area contributed by atoms with Gasteiger partial charge in [-0.2, -0.15) is 0 Å². The minimum absolute atomic E-state index is 0.0449. The largest absolute Gasteiger partial charge is 0.343 e. The van der Waals surface area contributed by atoms with E-state index < -0.39 is 163 Å². The number of benzene rings is 2. The summed E-state index contributed by atoms with van der Waals surface area (Å²) in [6.45, 7) is 14.7. The van der Waals surface area contributed by atoms with E-state index in [0.717, 1.165) is 35.8 Å². The second-order valence-electron chi connectivity index (χ2n) is 26.9. The molecule has 27 heteroatoms. The molecule has 0 saturated carbocycles. The first-order chi connectivity index (χ1) is 44.4. The van der Waals surface area contributed by atoms with Gasteiger partial charge in [-0.3, -0.25) is 57.5 Å². The molecular weight excluding hydrogens is 1360 g/mol. The first-order valence-corrected chi connectivity index (χ1v) is 34.4. The van der Waals surface area contributed by atoms with Gasteiger partial charge in [-0.15, -0.1) is 0 Å². The van der Waals surface area contributed by atoms with Gasteiger partial charge in [-0.25, -0.2) is 4.39 Å². The van der Waals surface area contributed by atoms with Crippen LogP contribution < -0.4 is 21.3 Å². The highest BCUT2D eigenvalue weighted by molar-refractivity contribution is 14.1. The number of unbranched alkanes of at least 4 members (excludes halogenated alkanes) is 1. The van der Waals surface area contributed by atoms with Gasteiger partial charge in [0.15, 0.2) is 0 Å². The number of hydrogen-bond donors (Lipinski definition) is 4. The zero-order chi connectivity index (χ0) is 71.5. The van der Waals surface area contributed by atoms with Gasteiger partial charge in [0.2, 0.25) is 70.9 Å². The SMILES string of the molecule is CCCC[C@@H]1NC(=O)[C@H](Cc2cc(I)ccc2F)NC(=O)CN(C)C(=O)[C@H](Cc2ccc(Cl)cc2)N(C)C(=O)CN(C)C(=O)CN(C)C(=O)[C@H]([C@@H](C)CC)NC(=O)[C@H](CC(C)C)N(C)C(=O)CC(C(=O)N2CCCCC2)N(C)C(=O)[C@H](CC(C)C)NC(=O)C(C)(C)N(C)C1=O. The van der Waals surface area contributed by atoms with Crippen LogP contribution in [0.3, 0.4) is 0 Å². The Balaban J connectivity index is 1.90. The van der Waals surface area contributed by atoms with Crippen LogP contribution in [0.5, 0.6) is 0 Å². The summed E-state index contributed by atoms with van der Waals surface area (Å²) in [5, 5.41) is 11.6. The molecule has 0 aliphatic carbocycles. The fraction of sp³-hybridized carbons (Fsp3) is 0.647. The zero-order valence-electron chi connectivity index (χ0n) is 58.4. The van der Waals surface area contributed by atoms with Crippen LogP contribution in [0, 0.1) is 27.1 Å². The highest BCUT2D eigenvalue weighted by atomic mass is 127. The van der Waals surface area contributed by atoms with E-state index in [4.69, 9.17) is 11.6 Å². The molecule has 528 valence electrons. The Labute approximate surface area is 579 Å². The highest BCUT2D eigenvalue weighted by Crippen LogP contribution is 2.24. The summed E-state index contributed by atoms with van der Waals surface area (Å²) in [6, 6.07) is 1.43. The molecule has 2 fully saturated rings. The molecule has 8 atom stereocenters. The van der Waals surface area contributed by atoms with Gasteiger partial charge in [0.1, 0.15) is 53.6 Å². The summed E-state index contributed by atoms with van der Waals surface area (Å²) in [5.41, 5.74) is -1.13. The molecule has 2 aromatic rings. The van der Waals surface area contributed by atoms with Crippen molar-refractivity contribution in [2.45, 2.75) is 187 Å². The predicted octanol–water partition coefficient (Wildman–Crippen LogP) is 4.65. The number of carbonyl (C=O) groups is 12. The fourth-order valence-electron chi connectivity index (χ4n) is 11.4. The maximum absolute atomic E-state index is 15.6. The van der Waals surface area contributed by atoms with Gasteiger partial charge in [-0.1, -0.05) is 91.5 Å². The van der Waals surface area contributed by atoms with Gasteiger partial charge in [-0.05, 0) is 134 Å². The third-order valence-corrected chi connectivity index (χ3v) is 19.1. The number of nitrogens with zero attached hydrogens (tertiary/aromatic N) is 8. The Morgan fingerprint density at radius 2 is 1.21 bits per heavy atom. The summed E-state index contributed by atoms with van der Waals surface area (Å²) in [6.07, 6.45) is 2.76. The van der Waals surface area contributed by atoms with Crippen molar-refractivity contribution in [3.05, 3.63) is 68.0 Å². The molecule has 2 saturated heterocycles. The number of likely N-dealkylation sites (N-methyl/N-ethyl adjacent to an activating group) is 7. The van der Waals surface area contributed by atoms with Crippen LogP contribution in [0.15, 0.2) is 42.5 Å². The van der Waals surface area contributed by atoms with Crippen LogP contribution in [0.2, 0.25) is 5.02 Å². The Morgan fingerprint density at radius 1 is 0.621 bits per heavy atom. The highest BCUT2D eigenvalue weighted by Gasteiger charge is 2.44. The van der Waals surface area contributed by atoms with Gasteiger partial charge >= 0.3 is 0 Å². The lowest BCUT2D eigenvalue weighted by atomic mass is 9.95. The fourth-order valence-corrected chi connectivity index (χ4v) is 12.1. The first kappa shape index (κ1) is 80.5. The number of likely N-dealkylation sites (tertiary alicyclic amines) is 1. The van der Waals surface area contributed by atoms with E-state index in [1.165, 1.54) is 86.3 Å². The molecule has 12 amide bonds. The molecule has 2 aromatic carbocycles. The maximum Gasteiger partial charge on any atom is 0.246 e. The predicted molar refractivity (Wildman–Crippen MR) is 368 cm³/mol. The topological polar surface area (TPSA) is 279 Å². The molecular formula is C68H103ClFIN12O12. The second kappa shape index (κ2) is 37.0. The minimum atomic E-state index is -1.75. The van der Waals surface area contributed by atoms with Crippen LogP contribution in [0.1, 0.15) is 138 Å². The smallest absolute Gasteiger partial charge is 0.246 e. The van der Waals surface area contributed by atoms with E-state index in [9.17, 15) is 52.7 Å². The summed E-state index contributed by atoms with van der Waals surface area (Å²) in [5.74, 6) is -10.2. The second-order valence-corrected chi connectivity index (χ2v) is 28.6. The molecule has 4 N–H and O–H groups in total. The summed E-state index contributed by atoms with van der Waals surface area (Å²) in [7, 11) is 9.58. The molecule has 0 spiro atoms. The summed E-state index contributed by atoms with van der Waals surface area (Å²) >= 11 is 8.20. The monoisotopic (exact) mass is 1460 g/mol. The van der Waals surface area contributed by atoms with Gasteiger partial charge in [0.25, 0.3) is 0 Å². The van der Waals surface area contributed by atoms with Crippen molar-refractivity contribution in [2.24, 2.45) is 17.8 Å². The molecule has 0 bridgehead atoms. The van der Waals surface area contributed by atoms with E-state index in [1.54, 1.807) is 36.1 Å². The lowest BCUT2D eigenvalue weighted by molar-refractivity contribution is -0.152. The van der Waals surface area contributed by atoms with Crippen LogP contribution in [0.4, 0.5) is 4.39 Å². The molecule has 2 heterocycles. The number of carbonyl (C=O) groups excluding carboxylic acids is 12. The number of hydrogen-bond acceptors (Lipinski definition) is 12. The van der Waals surface area contributed by atoms with E-state index >= 15 is 9.18 Å². The maximum atomic E-state index is 15.6. The quantitative estimate of drug-likeness (QED) is 0.188. The van der Waals surface area contributed by atoms with Gasteiger partial charge in [0, 0.05) is 83.9 Å². The lowest BCUT2D eigenvalue weighted by Crippen LogP contribution is -2.63. The van der Waals surface area contributed by atoms with E-state index in [1.807, 2.05) is 64.1 Å². The van der Waals surface area contributed by atoms with Gasteiger partial charge in [0.05, 0.1) is 26.1 Å². The number of nitrogens with one attached hydrogen (secondary N) is 4. The van der Waals surface area contributed by atoms with Crippen molar-refractivity contribution < 1.29 is 61.9 Å². The molecule has 2 aliphatic heterocycles. The third-order valence-electron chi connectivity index (χ3n) is 18.1. The molecule has 1 unspecified atom stereocenters. The van der Waals surface area contributed by atoms with E-state index in [-0.39, 0.29) is 43.1 Å². The van der Waals surface area contributed by atoms with Crippen molar-refractivity contribution in [1.29, 1.82) is 0 Å². The van der Waals surface area contributed by atoms with Crippen LogP contribution in [-0.4, -0.2) is 240 Å². The van der Waals surface area contributed by atoms with Crippen LogP contribution in [0.25, 0.3) is 0 Å². The van der Waals surface area contributed by atoms with Crippen molar-refractivity contribution in [3.63, 3.8) is 0 Å². The summed E-state index contributed by atoms with van der Waals surface area (Å²) in [4.78, 5) is 186. The first-order valence-electron chi connectivity index (χ1n) is 32.9. The molecule has 4 rings (SSSR count). The number of rotatable bonds is 14. The molecule has 2 aliphatic rings. The molecule has 0 aromatic heterocycles. The molecule has 95 heavy (non-hydrogen) atoms. The van der Waals surface area contributed by atoms with Crippen molar-refractivity contribution in [1.82, 2.24) is 60.5 Å². The number of halogens is 3.